The summed E-state index contributed by atoms with van der Waals surface area (Å²) in [7, 11) is 1.60. The maximum atomic E-state index is 12.4. The lowest BCUT2D eigenvalue weighted by molar-refractivity contribution is -0.129. The molecule has 0 unspecified atom stereocenters. The van der Waals surface area contributed by atoms with Crippen LogP contribution in [0.25, 0.3) is 10.2 Å². The Morgan fingerprint density at radius 2 is 1.86 bits per heavy atom. The van der Waals surface area contributed by atoms with E-state index in [1.165, 1.54) is 16.2 Å². The third kappa shape index (κ3) is 4.89. The first-order valence-corrected chi connectivity index (χ1v) is 10.1. The average molecular weight is 413 g/mol. The highest BCUT2D eigenvalue weighted by Crippen LogP contribution is 2.22. The van der Waals surface area contributed by atoms with Gasteiger partial charge in [-0.1, -0.05) is 32.9 Å². The van der Waals surface area contributed by atoms with E-state index in [1.807, 2.05) is 12.1 Å². The minimum absolute atomic E-state index is 0.00866. The number of fused-ring (bicyclic) bond motifs is 1. The number of thiophene rings is 1. The predicted molar refractivity (Wildman–Crippen MR) is 114 cm³/mol. The van der Waals surface area contributed by atoms with Gasteiger partial charge < -0.3 is 15.2 Å². The summed E-state index contributed by atoms with van der Waals surface area (Å²) < 4.78 is 0.562. The van der Waals surface area contributed by atoms with Crippen molar-refractivity contribution >= 4 is 33.4 Å². The minimum atomic E-state index is -0.307. The van der Waals surface area contributed by atoms with Gasteiger partial charge in [-0.3, -0.25) is 14.4 Å². The molecule has 3 rings (SSSR count). The van der Waals surface area contributed by atoms with Crippen molar-refractivity contribution in [3.8, 4) is 0 Å². The predicted octanol–water partition coefficient (Wildman–Crippen LogP) is 2.67. The van der Waals surface area contributed by atoms with Gasteiger partial charge >= 0.3 is 0 Å². The Labute approximate surface area is 172 Å². The van der Waals surface area contributed by atoms with E-state index in [9.17, 15) is 14.4 Å². The Morgan fingerprint density at radius 3 is 2.52 bits per heavy atom. The van der Waals surface area contributed by atoms with Gasteiger partial charge in [0.15, 0.2) is 0 Å². The quantitative estimate of drug-likeness (QED) is 0.674. The number of nitrogens with zero attached hydrogens (tertiary/aromatic N) is 2. The van der Waals surface area contributed by atoms with E-state index in [-0.39, 0.29) is 35.9 Å². The van der Waals surface area contributed by atoms with Crippen LogP contribution in [0.15, 0.2) is 40.5 Å². The van der Waals surface area contributed by atoms with E-state index >= 15 is 0 Å². The fraction of sp³-hybridized carbons (Fsp3) is 0.333. The lowest BCUT2D eigenvalue weighted by Gasteiger charge is -2.19. The highest BCUT2D eigenvalue weighted by atomic mass is 32.1. The number of aromatic amines is 1. The third-order valence-electron chi connectivity index (χ3n) is 4.59. The molecule has 0 aliphatic heterocycles. The monoisotopic (exact) mass is 412 g/mol. The van der Waals surface area contributed by atoms with Crippen molar-refractivity contribution in [2.75, 3.05) is 13.6 Å². The molecular formula is C21H24N4O3S. The normalized spacial score (nSPS) is 11.4. The number of hydrogen-bond acceptors (Lipinski definition) is 5. The fourth-order valence-corrected chi connectivity index (χ4v) is 3.55. The highest BCUT2D eigenvalue weighted by Gasteiger charge is 2.16. The number of H-pyrrole nitrogens is 1. The maximum absolute atomic E-state index is 12.4. The smallest absolute Gasteiger partial charge is 0.268 e. The number of carbonyl (C=O) groups excluding carboxylic acids is 2. The standard InChI is InChI=1S/C21H24N4O3S/c1-21(2,3)14-7-5-13(6-8-14)19(27)22-11-17(26)25(4)12-16-23-15-9-10-29-18(15)20(28)24-16/h5-10H,11-12H2,1-4H3,(H,22,27)(H,23,24,28). The number of aromatic nitrogens is 2. The van der Waals surface area contributed by atoms with Crippen molar-refractivity contribution in [1.82, 2.24) is 20.2 Å². The largest absolute Gasteiger partial charge is 0.343 e. The first kappa shape index (κ1) is 20.7. The van der Waals surface area contributed by atoms with Gasteiger partial charge in [0.1, 0.15) is 10.5 Å². The molecule has 0 saturated heterocycles. The van der Waals surface area contributed by atoms with E-state index in [0.29, 0.717) is 21.6 Å². The molecular weight excluding hydrogens is 388 g/mol. The van der Waals surface area contributed by atoms with E-state index in [2.05, 4.69) is 36.1 Å². The van der Waals surface area contributed by atoms with Gasteiger partial charge in [0.25, 0.3) is 11.5 Å². The van der Waals surface area contributed by atoms with Crippen molar-refractivity contribution in [1.29, 1.82) is 0 Å². The summed E-state index contributed by atoms with van der Waals surface area (Å²) in [5.41, 5.74) is 2.04. The van der Waals surface area contributed by atoms with E-state index in [0.717, 1.165) is 5.56 Å². The van der Waals surface area contributed by atoms with Crippen LogP contribution in [-0.2, 0) is 16.8 Å². The molecule has 2 amide bonds. The van der Waals surface area contributed by atoms with Crippen LogP contribution >= 0.6 is 11.3 Å². The number of benzene rings is 1. The molecule has 1 aromatic carbocycles. The lowest BCUT2D eigenvalue weighted by Crippen LogP contribution is -2.38. The third-order valence-corrected chi connectivity index (χ3v) is 5.49. The molecule has 0 bridgehead atoms. The summed E-state index contributed by atoms with van der Waals surface area (Å²) in [5.74, 6) is -0.183. The van der Waals surface area contributed by atoms with Gasteiger partial charge in [-0.2, -0.15) is 0 Å². The van der Waals surface area contributed by atoms with Gasteiger partial charge in [0, 0.05) is 12.6 Å². The Kier molecular flexibility index (Phi) is 5.83. The zero-order valence-electron chi connectivity index (χ0n) is 16.9. The highest BCUT2D eigenvalue weighted by molar-refractivity contribution is 7.17. The van der Waals surface area contributed by atoms with Crippen molar-refractivity contribution in [3.63, 3.8) is 0 Å². The van der Waals surface area contributed by atoms with Crippen LogP contribution in [0.1, 0.15) is 42.5 Å². The molecule has 8 heteroatoms. The second kappa shape index (κ2) is 8.16. The summed E-state index contributed by atoms with van der Waals surface area (Å²) in [6, 6.07) is 9.13. The fourth-order valence-electron chi connectivity index (χ4n) is 2.82. The second-order valence-electron chi connectivity index (χ2n) is 7.91. The van der Waals surface area contributed by atoms with Crippen molar-refractivity contribution in [2.45, 2.75) is 32.7 Å². The Hall–Kier alpha value is -3.00. The molecule has 7 nitrogen and oxygen atoms in total. The van der Waals surface area contributed by atoms with Crippen LogP contribution in [0.5, 0.6) is 0 Å². The van der Waals surface area contributed by atoms with E-state index in [1.54, 1.807) is 30.6 Å². The minimum Gasteiger partial charge on any atom is -0.343 e. The van der Waals surface area contributed by atoms with E-state index in [4.69, 9.17) is 0 Å². The molecule has 0 aliphatic carbocycles. The van der Waals surface area contributed by atoms with Crippen LogP contribution in [0, 0.1) is 0 Å². The molecule has 0 radical (unpaired) electrons. The molecule has 2 N–H and O–H groups in total. The first-order chi connectivity index (χ1) is 13.6. The summed E-state index contributed by atoms with van der Waals surface area (Å²) in [6.07, 6.45) is 0. The maximum Gasteiger partial charge on any atom is 0.268 e. The molecule has 0 aliphatic rings. The molecule has 2 heterocycles. The molecule has 3 aromatic rings. The van der Waals surface area contributed by atoms with Gasteiger partial charge in [-0.05, 0) is 34.6 Å². The average Bonchev–Trinajstić information content (AvgIpc) is 3.14. The van der Waals surface area contributed by atoms with Crippen LogP contribution in [0.3, 0.4) is 0 Å². The summed E-state index contributed by atoms with van der Waals surface area (Å²) in [5, 5.41) is 4.44. The second-order valence-corrected chi connectivity index (χ2v) is 8.82. The summed E-state index contributed by atoms with van der Waals surface area (Å²) in [4.78, 5) is 45.2. The molecule has 0 atom stereocenters. The molecule has 152 valence electrons. The van der Waals surface area contributed by atoms with Crippen LogP contribution in [0.2, 0.25) is 0 Å². The zero-order chi connectivity index (χ0) is 21.2. The van der Waals surface area contributed by atoms with Gasteiger partial charge in [-0.15, -0.1) is 11.3 Å². The van der Waals surface area contributed by atoms with Gasteiger partial charge in [0.05, 0.1) is 18.6 Å². The van der Waals surface area contributed by atoms with Crippen molar-refractivity contribution in [3.05, 3.63) is 63.0 Å². The van der Waals surface area contributed by atoms with Crippen LogP contribution < -0.4 is 10.9 Å². The number of hydrogen-bond donors (Lipinski definition) is 2. The zero-order valence-corrected chi connectivity index (χ0v) is 17.7. The number of likely N-dealkylation sites (N-methyl/N-ethyl adjacent to an activating group) is 1. The topological polar surface area (TPSA) is 95.2 Å². The Morgan fingerprint density at radius 1 is 1.17 bits per heavy atom. The number of carbonyl (C=O) groups is 2. The lowest BCUT2D eigenvalue weighted by atomic mass is 9.87. The molecule has 0 spiro atoms. The van der Waals surface area contributed by atoms with Crippen LogP contribution in [-0.4, -0.2) is 40.3 Å². The Balaban J connectivity index is 1.57. The molecule has 0 saturated carbocycles. The first-order valence-electron chi connectivity index (χ1n) is 9.24. The summed E-state index contributed by atoms with van der Waals surface area (Å²) in [6.45, 7) is 6.33. The number of rotatable bonds is 5. The Bertz CT molecular complexity index is 1090. The number of amides is 2. The molecule has 2 aromatic heterocycles. The molecule has 0 fully saturated rings. The molecule has 29 heavy (non-hydrogen) atoms. The van der Waals surface area contributed by atoms with Crippen molar-refractivity contribution < 1.29 is 9.59 Å². The van der Waals surface area contributed by atoms with Crippen molar-refractivity contribution in [2.24, 2.45) is 0 Å². The van der Waals surface area contributed by atoms with Crippen LogP contribution in [0.4, 0.5) is 0 Å². The van der Waals surface area contributed by atoms with Gasteiger partial charge in [0.2, 0.25) is 5.91 Å². The van der Waals surface area contributed by atoms with E-state index < -0.39 is 0 Å². The number of nitrogens with one attached hydrogen (secondary N) is 2. The SMILES string of the molecule is CN(Cc1nc2ccsc2c(=O)[nH]1)C(=O)CNC(=O)c1ccc(C(C)(C)C)cc1. The van der Waals surface area contributed by atoms with Gasteiger partial charge in [-0.25, -0.2) is 4.98 Å². The summed E-state index contributed by atoms with van der Waals surface area (Å²) >= 11 is 1.32.